The number of likely N-dealkylation sites (N-methyl/N-ethyl adjacent to an activating group) is 1. The van der Waals surface area contributed by atoms with Gasteiger partial charge in [-0.2, -0.15) is 0 Å². The summed E-state index contributed by atoms with van der Waals surface area (Å²) in [7, 11) is 3.30. The van der Waals surface area contributed by atoms with Crippen LogP contribution in [0.3, 0.4) is 0 Å². The molecule has 1 rings (SSSR count). The normalized spacial score (nSPS) is 11.6. The summed E-state index contributed by atoms with van der Waals surface area (Å²) in [6, 6.07) is 3.88. The standard InChI is InChI=1S/C13H19N3O4/c1-5-20-12-7-10(6-11(8-12)16(18)19)14-9(2)13(17)15(3)4/h6-9,14H,5H2,1-4H3. The Morgan fingerprint density at radius 1 is 1.45 bits per heavy atom. The van der Waals surface area contributed by atoms with Gasteiger partial charge in [-0.3, -0.25) is 14.9 Å². The molecular formula is C13H19N3O4. The number of anilines is 1. The van der Waals surface area contributed by atoms with E-state index < -0.39 is 11.0 Å². The van der Waals surface area contributed by atoms with Gasteiger partial charge in [-0.05, 0) is 13.8 Å². The van der Waals surface area contributed by atoms with E-state index >= 15 is 0 Å². The molecule has 1 unspecified atom stereocenters. The van der Waals surface area contributed by atoms with Crippen molar-refractivity contribution in [3.05, 3.63) is 28.3 Å². The van der Waals surface area contributed by atoms with E-state index in [-0.39, 0.29) is 11.6 Å². The number of benzene rings is 1. The Balaban J connectivity index is 2.99. The van der Waals surface area contributed by atoms with E-state index in [4.69, 9.17) is 4.74 Å². The number of carbonyl (C=O) groups is 1. The van der Waals surface area contributed by atoms with Gasteiger partial charge in [0.1, 0.15) is 11.8 Å². The highest BCUT2D eigenvalue weighted by molar-refractivity contribution is 5.84. The van der Waals surface area contributed by atoms with Crippen molar-refractivity contribution in [1.82, 2.24) is 4.90 Å². The van der Waals surface area contributed by atoms with Crippen molar-refractivity contribution in [2.24, 2.45) is 0 Å². The lowest BCUT2D eigenvalue weighted by atomic mass is 10.2. The molecule has 7 heteroatoms. The average Bonchev–Trinajstić information content (AvgIpc) is 2.37. The number of carbonyl (C=O) groups excluding carboxylic acids is 1. The first kappa shape index (κ1) is 15.7. The zero-order chi connectivity index (χ0) is 15.3. The minimum Gasteiger partial charge on any atom is -0.494 e. The zero-order valence-electron chi connectivity index (χ0n) is 12.0. The smallest absolute Gasteiger partial charge is 0.275 e. The molecule has 0 heterocycles. The van der Waals surface area contributed by atoms with Gasteiger partial charge in [0.2, 0.25) is 5.91 Å². The molecule has 0 fully saturated rings. The number of non-ortho nitro benzene ring substituents is 1. The molecule has 0 radical (unpaired) electrons. The summed E-state index contributed by atoms with van der Waals surface area (Å²) in [5.41, 5.74) is 0.397. The Morgan fingerprint density at radius 2 is 2.10 bits per heavy atom. The Morgan fingerprint density at radius 3 is 2.60 bits per heavy atom. The van der Waals surface area contributed by atoms with Gasteiger partial charge in [-0.15, -0.1) is 0 Å². The molecule has 7 nitrogen and oxygen atoms in total. The van der Waals surface area contributed by atoms with Crippen LogP contribution in [0.5, 0.6) is 5.75 Å². The van der Waals surface area contributed by atoms with Crippen LogP contribution in [0.15, 0.2) is 18.2 Å². The summed E-state index contributed by atoms with van der Waals surface area (Å²) < 4.78 is 5.29. The molecule has 0 aromatic heterocycles. The van der Waals surface area contributed by atoms with Crippen LogP contribution >= 0.6 is 0 Å². The van der Waals surface area contributed by atoms with E-state index in [2.05, 4.69) is 5.32 Å². The molecule has 0 spiro atoms. The number of rotatable bonds is 6. The van der Waals surface area contributed by atoms with Crippen molar-refractivity contribution in [2.45, 2.75) is 19.9 Å². The van der Waals surface area contributed by atoms with Crippen molar-refractivity contribution in [3.8, 4) is 5.75 Å². The van der Waals surface area contributed by atoms with Crippen molar-refractivity contribution < 1.29 is 14.5 Å². The van der Waals surface area contributed by atoms with Crippen LogP contribution in [0.25, 0.3) is 0 Å². The molecule has 0 aliphatic heterocycles. The molecule has 110 valence electrons. The molecule has 20 heavy (non-hydrogen) atoms. The van der Waals surface area contributed by atoms with Gasteiger partial charge in [0.05, 0.1) is 17.6 Å². The molecule has 0 aliphatic rings. The number of nitro benzene ring substituents is 1. The second-order valence-electron chi connectivity index (χ2n) is 4.50. The van der Waals surface area contributed by atoms with Gasteiger partial charge < -0.3 is 15.0 Å². The highest BCUT2D eigenvalue weighted by Gasteiger charge is 2.17. The van der Waals surface area contributed by atoms with E-state index in [1.807, 2.05) is 0 Å². The second kappa shape index (κ2) is 6.74. The molecule has 0 saturated heterocycles. The van der Waals surface area contributed by atoms with Crippen LogP contribution in [0, 0.1) is 10.1 Å². The monoisotopic (exact) mass is 281 g/mol. The summed E-state index contributed by atoms with van der Waals surface area (Å²) in [5, 5.41) is 13.8. The summed E-state index contributed by atoms with van der Waals surface area (Å²) in [4.78, 5) is 23.6. The number of nitro groups is 1. The summed E-state index contributed by atoms with van der Waals surface area (Å²) in [6.07, 6.45) is 0. The highest BCUT2D eigenvalue weighted by Crippen LogP contribution is 2.26. The van der Waals surface area contributed by atoms with Gasteiger partial charge in [-0.1, -0.05) is 0 Å². The lowest BCUT2D eigenvalue weighted by Gasteiger charge is -2.19. The molecular weight excluding hydrogens is 262 g/mol. The minimum absolute atomic E-state index is 0.0806. The quantitative estimate of drug-likeness (QED) is 0.635. The van der Waals surface area contributed by atoms with E-state index in [9.17, 15) is 14.9 Å². The minimum atomic E-state index is -0.494. The Bertz CT molecular complexity index is 502. The van der Waals surface area contributed by atoms with Gasteiger partial charge in [0.25, 0.3) is 5.69 Å². The largest absolute Gasteiger partial charge is 0.494 e. The van der Waals surface area contributed by atoms with E-state index in [1.54, 1.807) is 34.0 Å². The van der Waals surface area contributed by atoms with Crippen LogP contribution in [0.4, 0.5) is 11.4 Å². The number of hydrogen-bond acceptors (Lipinski definition) is 5. The third-order valence-corrected chi connectivity index (χ3v) is 2.61. The average molecular weight is 281 g/mol. The SMILES string of the molecule is CCOc1cc(NC(C)C(=O)N(C)C)cc([N+](=O)[O-])c1. The molecule has 0 bridgehead atoms. The van der Waals surface area contributed by atoms with Crippen molar-refractivity contribution in [3.63, 3.8) is 0 Å². The number of ether oxygens (including phenoxy) is 1. The van der Waals surface area contributed by atoms with Crippen LogP contribution in [0.1, 0.15) is 13.8 Å². The Hall–Kier alpha value is -2.31. The van der Waals surface area contributed by atoms with E-state index in [0.717, 1.165) is 0 Å². The fourth-order valence-electron chi connectivity index (χ4n) is 1.72. The number of nitrogens with zero attached hydrogens (tertiary/aromatic N) is 2. The van der Waals surface area contributed by atoms with Crippen molar-refractivity contribution in [2.75, 3.05) is 26.0 Å². The molecule has 1 atom stereocenters. The maximum atomic E-state index is 11.8. The number of amides is 1. The van der Waals surface area contributed by atoms with Gasteiger partial charge in [0, 0.05) is 31.9 Å². The fourth-order valence-corrected chi connectivity index (χ4v) is 1.72. The third kappa shape index (κ3) is 4.11. The summed E-state index contributed by atoms with van der Waals surface area (Å²) in [5.74, 6) is 0.281. The van der Waals surface area contributed by atoms with Crippen molar-refractivity contribution >= 4 is 17.3 Å². The number of hydrogen-bond donors (Lipinski definition) is 1. The van der Waals surface area contributed by atoms with Gasteiger partial charge in [-0.25, -0.2) is 0 Å². The molecule has 1 amide bonds. The van der Waals surface area contributed by atoms with Gasteiger partial charge in [0.15, 0.2) is 0 Å². The van der Waals surface area contributed by atoms with Crippen LogP contribution in [0.2, 0.25) is 0 Å². The molecule has 0 saturated carbocycles. The van der Waals surface area contributed by atoms with Gasteiger partial charge >= 0.3 is 0 Å². The predicted octanol–water partition coefficient (Wildman–Crippen LogP) is 1.88. The topological polar surface area (TPSA) is 84.7 Å². The molecule has 1 aromatic carbocycles. The summed E-state index contributed by atoms with van der Waals surface area (Å²) in [6.45, 7) is 3.90. The van der Waals surface area contributed by atoms with E-state index in [1.165, 1.54) is 17.0 Å². The second-order valence-corrected chi connectivity index (χ2v) is 4.50. The predicted molar refractivity (Wildman–Crippen MR) is 76.0 cm³/mol. The maximum absolute atomic E-state index is 11.8. The first-order chi connectivity index (χ1) is 9.35. The zero-order valence-corrected chi connectivity index (χ0v) is 12.0. The highest BCUT2D eigenvalue weighted by atomic mass is 16.6. The third-order valence-electron chi connectivity index (χ3n) is 2.61. The van der Waals surface area contributed by atoms with E-state index in [0.29, 0.717) is 18.0 Å². The Labute approximate surface area is 117 Å². The first-order valence-corrected chi connectivity index (χ1v) is 6.25. The first-order valence-electron chi connectivity index (χ1n) is 6.25. The maximum Gasteiger partial charge on any atom is 0.275 e. The van der Waals surface area contributed by atoms with Crippen molar-refractivity contribution in [1.29, 1.82) is 0 Å². The van der Waals surface area contributed by atoms with Crippen LogP contribution in [-0.2, 0) is 4.79 Å². The number of nitrogens with one attached hydrogen (secondary N) is 1. The molecule has 0 aliphatic carbocycles. The molecule has 1 N–H and O–H groups in total. The molecule has 1 aromatic rings. The summed E-state index contributed by atoms with van der Waals surface area (Å²) >= 11 is 0. The lowest BCUT2D eigenvalue weighted by molar-refractivity contribution is -0.384. The van der Waals surface area contributed by atoms with Crippen LogP contribution < -0.4 is 10.1 Å². The van der Waals surface area contributed by atoms with Crippen LogP contribution in [-0.4, -0.2) is 42.5 Å². The Kier molecular flexibility index (Phi) is 5.31. The fraction of sp³-hybridized carbons (Fsp3) is 0.462. The lowest BCUT2D eigenvalue weighted by Crippen LogP contribution is -2.36.